The molecular formula is C13H29ClN2O. The van der Waals surface area contributed by atoms with E-state index in [-0.39, 0.29) is 29.8 Å². The van der Waals surface area contributed by atoms with Crippen molar-refractivity contribution < 1.29 is 4.79 Å². The molecule has 0 aromatic rings. The Morgan fingerprint density at radius 1 is 1.18 bits per heavy atom. The van der Waals surface area contributed by atoms with Crippen molar-refractivity contribution >= 4 is 18.3 Å². The van der Waals surface area contributed by atoms with E-state index < -0.39 is 6.04 Å². The van der Waals surface area contributed by atoms with Gasteiger partial charge in [0.05, 0.1) is 6.04 Å². The summed E-state index contributed by atoms with van der Waals surface area (Å²) >= 11 is 0. The third-order valence-corrected chi connectivity index (χ3v) is 2.78. The first-order valence-corrected chi connectivity index (χ1v) is 6.20. The molecular weight excluding hydrogens is 236 g/mol. The number of hydrogen-bond donors (Lipinski definition) is 2. The first kappa shape index (κ1) is 19.1. The number of nitrogens with one attached hydrogen (secondary N) is 1. The lowest BCUT2D eigenvalue weighted by Gasteiger charge is -2.27. The van der Waals surface area contributed by atoms with Crippen molar-refractivity contribution in [1.29, 1.82) is 0 Å². The quantitative estimate of drug-likeness (QED) is 0.802. The van der Waals surface area contributed by atoms with Gasteiger partial charge >= 0.3 is 0 Å². The average molecular weight is 265 g/mol. The smallest absolute Gasteiger partial charge is 0.237 e. The van der Waals surface area contributed by atoms with Crippen LogP contribution in [0.15, 0.2) is 0 Å². The molecule has 0 saturated heterocycles. The third-order valence-electron chi connectivity index (χ3n) is 2.78. The van der Waals surface area contributed by atoms with Crippen molar-refractivity contribution in [1.82, 2.24) is 5.32 Å². The van der Waals surface area contributed by atoms with E-state index in [1.54, 1.807) is 0 Å². The maximum Gasteiger partial charge on any atom is 0.237 e. The van der Waals surface area contributed by atoms with Crippen LogP contribution in [-0.4, -0.2) is 18.0 Å². The topological polar surface area (TPSA) is 55.1 Å². The van der Waals surface area contributed by atoms with Crippen molar-refractivity contribution in [2.45, 2.75) is 66.5 Å². The molecule has 1 amide bonds. The van der Waals surface area contributed by atoms with Gasteiger partial charge in [-0.2, -0.15) is 0 Å². The number of carbonyl (C=O) groups excluding carboxylic acids is 1. The summed E-state index contributed by atoms with van der Waals surface area (Å²) in [5, 5.41) is 2.98. The summed E-state index contributed by atoms with van der Waals surface area (Å²) in [5.74, 6) is 0.638. The highest BCUT2D eigenvalue weighted by atomic mass is 35.5. The lowest BCUT2D eigenvalue weighted by molar-refractivity contribution is -0.125. The van der Waals surface area contributed by atoms with Gasteiger partial charge in [-0.15, -0.1) is 12.4 Å². The van der Waals surface area contributed by atoms with Crippen LogP contribution in [0.4, 0.5) is 0 Å². The molecule has 0 aliphatic heterocycles. The summed E-state index contributed by atoms with van der Waals surface area (Å²) in [6.07, 6.45) is 2.15. The largest absolute Gasteiger partial charge is 0.352 e. The Hall–Kier alpha value is -0.280. The molecule has 2 atom stereocenters. The van der Waals surface area contributed by atoms with Crippen molar-refractivity contribution in [3.05, 3.63) is 0 Å². The minimum Gasteiger partial charge on any atom is -0.352 e. The highest BCUT2D eigenvalue weighted by Gasteiger charge is 2.27. The van der Waals surface area contributed by atoms with Gasteiger partial charge in [-0.3, -0.25) is 4.79 Å². The van der Waals surface area contributed by atoms with E-state index in [1.165, 1.54) is 0 Å². The van der Waals surface area contributed by atoms with Gasteiger partial charge < -0.3 is 11.1 Å². The molecule has 0 saturated carbocycles. The second kappa shape index (κ2) is 7.93. The zero-order valence-corrected chi connectivity index (χ0v) is 12.9. The van der Waals surface area contributed by atoms with Gasteiger partial charge in [0, 0.05) is 6.04 Å². The molecule has 0 bridgehead atoms. The molecule has 3 N–H and O–H groups in total. The number of amides is 1. The maximum absolute atomic E-state index is 11.8. The molecule has 0 aromatic heterocycles. The molecule has 0 rings (SSSR count). The molecule has 4 heteroatoms. The Morgan fingerprint density at radius 2 is 1.65 bits per heavy atom. The third kappa shape index (κ3) is 8.44. The van der Waals surface area contributed by atoms with Crippen molar-refractivity contribution in [2.75, 3.05) is 0 Å². The maximum atomic E-state index is 11.8. The summed E-state index contributed by atoms with van der Waals surface area (Å²) in [6.45, 7) is 12.4. The lowest BCUT2D eigenvalue weighted by atomic mass is 9.86. The molecule has 0 aliphatic rings. The molecule has 0 aliphatic carbocycles. The molecule has 104 valence electrons. The number of rotatable bonds is 5. The molecule has 0 spiro atoms. The average Bonchev–Trinajstić information content (AvgIpc) is 2.11. The van der Waals surface area contributed by atoms with Gasteiger partial charge in [0.15, 0.2) is 0 Å². The highest BCUT2D eigenvalue weighted by Crippen LogP contribution is 2.17. The van der Waals surface area contributed by atoms with Gasteiger partial charge in [-0.1, -0.05) is 34.6 Å². The van der Waals surface area contributed by atoms with Crippen LogP contribution in [0.1, 0.15) is 54.4 Å². The summed E-state index contributed by atoms with van der Waals surface area (Å²) < 4.78 is 0. The summed E-state index contributed by atoms with van der Waals surface area (Å²) in [5.41, 5.74) is 5.71. The predicted molar refractivity (Wildman–Crippen MR) is 76.4 cm³/mol. The standard InChI is InChI=1S/C13H28N2O.ClH/c1-9(2)7-8-10(3)15-12(16)11(14)13(4,5)6;/h9-11H,7-8,14H2,1-6H3,(H,15,16);1H/t10?,11-;/m1./s1. The number of hydrogen-bond acceptors (Lipinski definition) is 2. The van der Waals surface area contributed by atoms with Crippen LogP contribution in [0.2, 0.25) is 0 Å². The molecule has 1 unspecified atom stereocenters. The molecule has 0 heterocycles. The molecule has 3 nitrogen and oxygen atoms in total. The van der Waals surface area contributed by atoms with Gasteiger partial charge in [0.1, 0.15) is 0 Å². The minimum atomic E-state index is -0.436. The van der Waals surface area contributed by atoms with Crippen LogP contribution < -0.4 is 11.1 Å². The fourth-order valence-corrected chi connectivity index (χ4v) is 1.38. The zero-order valence-electron chi connectivity index (χ0n) is 12.0. The van der Waals surface area contributed by atoms with E-state index in [0.717, 1.165) is 12.8 Å². The van der Waals surface area contributed by atoms with Crippen LogP contribution in [0, 0.1) is 11.3 Å². The second-order valence-electron chi connectivity index (χ2n) is 6.22. The highest BCUT2D eigenvalue weighted by molar-refractivity contribution is 5.85. The Kier molecular flexibility index (Phi) is 8.90. The van der Waals surface area contributed by atoms with Crippen LogP contribution in [0.25, 0.3) is 0 Å². The zero-order chi connectivity index (χ0) is 12.9. The lowest BCUT2D eigenvalue weighted by Crippen LogP contribution is -2.50. The number of carbonyl (C=O) groups is 1. The van der Waals surface area contributed by atoms with Crippen molar-refractivity contribution in [3.63, 3.8) is 0 Å². The molecule has 0 aromatic carbocycles. The van der Waals surface area contributed by atoms with Gasteiger partial charge in [-0.25, -0.2) is 0 Å². The number of halogens is 1. The van der Waals surface area contributed by atoms with Gasteiger partial charge in [-0.05, 0) is 31.1 Å². The van der Waals surface area contributed by atoms with Crippen molar-refractivity contribution in [2.24, 2.45) is 17.1 Å². The predicted octanol–water partition coefficient (Wildman–Crippen LogP) is 2.72. The number of nitrogens with two attached hydrogens (primary N) is 1. The first-order valence-electron chi connectivity index (χ1n) is 6.20. The van der Waals surface area contributed by atoms with Crippen LogP contribution in [0.5, 0.6) is 0 Å². The Labute approximate surface area is 112 Å². The normalized spacial score (nSPS) is 15.1. The van der Waals surface area contributed by atoms with Crippen LogP contribution >= 0.6 is 12.4 Å². The summed E-state index contributed by atoms with van der Waals surface area (Å²) in [6, 6.07) is -0.225. The monoisotopic (exact) mass is 264 g/mol. The Bertz CT molecular complexity index is 224. The molecule has 0 radical (unpaired) electrons. The van der Waals surface area contributed by atoms with Gasteiger partial charge in [0.25, 0.3) is 0 Å². The molecule has 0 fully saturated rings. The first-order chi connectivity index (χ1) is 7.14. The Balaban J connectivity index is 0. The fourth-order valence-electron chi connectivity index (χ4n) is 1.38. The van der Waals surface area contributed by atoms with E-state index >= 15 is 0 Å². The fraction of sp³-hybridized carbons (Fsp3) is 0.923. The van der Waals surface area contributed by atoms with E-state index in [9.17, 15) is 4.79 Å². The van der Waals surface area contributed by atoms with E-state index in [1.807, 2.05) is 27.7 Å². The van der Waals surface area contributed by atoms with E-state index in [4.69, 9.17) is 5.73 Å². The minimum absolute atomic E-state index is 0. The second-order valence-corrected chi connectivity index (χ2v) is 6.22. The van der Waals surface area contributed by atoms with E-state index in [0.29, 0.717) is 5.92 Å². The van der Waals surface area contributed by atoms with Crippen LogP contribution in [-0.2, 0) is 4.79 Å². The summed E-state index contributed by atoms with van der Waals surface area (Å²) in [4.78, 5) is 11.8. The Morgan fingerprint density at radius 3 is 2.00 bits per heavy atom. The molecule has 17 heavy (non-hydrogen) atoms. The summed E-state index contributed by atoms with van der Waals surface area (Å²) in [7, 11) is 0. The van der Waals surface area contributed by atoms with Gasteiger partial charge in [0.2, 0.25) is 5.91 Å². The van der Waals surface area contributed by atoms with E-state index in [2.05, 4.69) is 19.2 Å². The van der Waals surface area contributed by atoms with Crippen LogP contribution in [0.3, 0.4) is 0 Å². The van der Waals surface area contributed by atoms with Crippen molar-refractivity contribution in [3.8, 4) is 0 Å². The SMILES string of the molecule is CC(C)CCC(C)NC(=O)[C@@H](N)C(C)(C)C.Cl.